The molecule has 0 saturated heterocycles. The number of likely N-dealkylation sites (N-methyl/N-ethyl adjacent to an activating group) is 1. The van der Waals surface area contributed by atoms with Gasteiger partial charge in [-0.1, -0.05) is 6.92 Å². The summed E-state index contributed by atoms with van der Waals surface area (Å²) in [6.07, 6.45) is 3.50. The number of nitrogens with zero attached hydrogens (tertiary/aromatic N) is 3. The van der Waals surface area contributed by atoms with Crippen molar-refractivity contribution >= 4 is 17.7 Å². The Labute approximate surface area is 117 Å². The molecule has 20 heavy (non-hydrogen) atoms. The van der Waals surface area contributed by atoms with Crippen LogP contribution in [0.4, 0.5) is 10.5 Å². The first-order chi connectivity index (χ1) is 9.49. The van der Waals surface area contributed by atoms with Gasteiger partial charge in [-0.2, -0.15) is 5.10 Å². The second-order valence-electron chi connectivity index (χ2n) is 4.29. The van der Waals surface area contributed by atoms with Gasteiger partial charge in [0, 0.05) is 20.4 Å². The van der Waals surface area contributed by atoms with Gasteiger partial charge in [-0.15, -0.1) is 0 Å². The summed E-state index contributed by atoms with van der Waals surface area (Å²) in [5.41, 5.74) is 0.512. The minimum atomic E-state index is -1.03. The van der Waals surface area contributed by atoms with Crippen LogP contribution in [0.3, 0.4) is 0 Å². The molecule has 1 atom stereocenters. The number of hydrogen-bond acceptors (Lipinski definition) is 4. The Morgan fingerprint density at radius 3 is 2.85 bits per heavy atom. The third kappa shape index (κ3) is 4.23. The summed E-state index contributed by atoms with van der Waals surface area (Å²) >= 11 is 0. The van der Waals surface area contributed by atoms with Crippen molar-refractivity contribution in [3.63, 3.8) is 0 Å². The highest BCUT2D eigenvalue weighted by Crippen LogP contribution is 2.09. The number of amides is 2. The maximum absolute atomic E-state index is 11.9. The Hall–Kier alpha value is -2.09. The van der Waals surface area contributed by atoms with Gasteiger partial charge in [0.2, 0.25) is 0 Å². The van der Waals surface area contributed by atoms with Crippen LogP contribution in [0, 0.1) is 0 Å². The van der Waals surface area contributed by atoms with Crippen molar-refractivity contribution in [2.24, 2.45) is 0 Å². The molecule has 1 unspecified atom stereocenters. The van der Waals surface area contributed by atoms with Crippen molar-refractivity contribution in [3.05, 3.63) is 12.4 Å². The molecule has 1 heterocycles. The van der Waals surface area contributed by atoms with Crippen LogP contribution < -0.4 is 5.32 Å². The standard InChI is InChI=1S/C12H20N4O4/c1-4-10(11(17)18)15(2)12(19)14-9-7-13-16(8-9)5-6-20-3/h7-8,10H,4-6H2,1-3H3,(H,14,19)(H,17,18). The zero-order valence-electron chi connectivity index (χ0n) is 11.9. The van der Waals surface area contributed by atoms with Crippen molar-refractivity contribution in [1.29, 1.82) is 0 Å². The van der Waals surface area contributed by atoms with Gasteiger partial charge in [0.05, 0.1) is 25.0 Å². The first-order valence-electron chi connectivity index (χ1n) is 6.27. The van der Waals surface area contributed by atoms with Crippen LogP contribution in [-0.4, -0.2) is 58.6 Å². The summed E-state index contributed by atoms with van der Waals surface area (Å²) in [6.45, 7) is 2.81. The van der Waals surface area contributed by atoms with E-state index in [-0.39, 0.29) is 0 Å². The fourth-order valence-electron chi connectivity index (χ4n) is 1.70. The molecule has 0 radical (unpaired) electrons. The smallest absolute Gasteiger partial charge is 0.326 e. The van der Waals surface area contributed by atoms with Gasteiger partial charge in [0.1, 0.15) is 6.04 Å². The van der Waals surface area contributed by atoms with Crippen molar-refractivity contribution in [1.82, 2.24) is 14.7 Å². The lowest BCUT2D eigenvalue weighted by Gasteiger charge is -2.23. The summed E-state index contributed by atoms with van der Waals surface area (Å²) in [5, 5.41) is 15.7. The van der Waals surface area contributed by atoms with E-state index in [0.717, 1.165) is 4.90 Å². The fraction of sp³-hybridized carbons (Fsp3) is 0.583. The van der Waals surface area contributed by atoms with E-state index in [4.69, 9.17) is 9.84 Å². The topological polar surface area (TPSA) is 96.7 Å². The van der Waals surface area contributed by atoms with Crippen LogP contribution in [0.1, 0.15) is 13.3 Å². The zero-order chi connectivity index (χ0) is 15.1. The fourth-order valence-corrected chi connectivity index (χ4v) is 1.70. The number of nitrogens with one attached hydrogen (secondary N) is 1. The predicted octanol–water partition coefficient (Wildman–Crippen LogP) is 0.856. The van der Waals surface area contributed by atoms with Gasteiger partial charge in [-0.25, -0.2) is 9.59 Å². The van der Waals surface area contributed by atoms with E-state index < -0.39 is 18.0 Å². The maximum atomic E-state index is 11.9. The summed E-state index contributed by atoms with van der Waals surface area (Å²) in [7, 11) is 3.05. The Morgan fingerprint density at radius 2 is 2.30 bits per heavy atom. The molecule has 0 aliphatic carbocycles. The summed E-state index contributed by atoms with van der Waals surface area (Å²) in [6, 6.07) is -1.33. The highest BCUT2D eigenvalue weighted by molar-refractivity contribution is 5.91. The first-order valence-corrected chi connectivity index (χ1v) is 6.27. The number of carboxylic acid groups (broad SMARTS) is 1. The summed E-state index contributed by atoms with van der Waals surface area (Å²) in [4.78, 5) is 24.1. The van der Waals surface area contributed by atoms with Crippen molar-refractivity contribution in [3.8, 4) is 0 Å². The molecule has 1 aromatic rings. The van der Waals surface area contributed by atoms with E-state index in [9.17, 15) is 9.59 Å². The molecule has 112 valence electrons. The molecule has 1 aromatic heterocycles. The van der Waals surface area contributed by atoms with Gasteiger partial charge < -0.3 is 20.1 Å². The molecule has 0 aromatic carbocycles. The van der Waals surface area contributed by atoms with Crippen LogP contribution >= 0.6 is 0 Å². The minimum absolute atomic E-state index is 0.340. The monoisotopic (exact) mass is 284 g/mol. The van der Waals surface area contributed by atoms with Crippen LogP contribution in [0.15, 0.2) is 12.4 Å². The van der Waals surface area contributed by atoms with Crippen molar-refractivity contribution in [2.45, 2.75) is 25.9 Å². The van der Waals surface area contributed by atoms with Crippen LogP contribution in [0.2, 0.25) is 0 Å². The largest absolute Gasteiger partial charge is 0.480 e. The number of aromatic nitrogens is 2. The molecule has 0 fully saturated rings. The Morgan fingerprint density at radius 1 is 1.60 bits per heavy atom. The number of hydrogen-bond donors (Lipinski definition) is 2. The second-order valence-corrected chi connectivity index (χ2v) is 4.29. The van der Waals surface area contributed by atoms with Gasteiger partial charge in [0.15, 0.2) is 0 Å². The number of carbonyl (C=O) groups excluding carboxylic acids is 1. The Bertz CT molecular complexity index is 460. The quantitative estimate of drug-likeness (QED) is 0.774. The Kier molecular flexibility index (Phi) is 5.98. The average molecular weight is 284 g/mol. The normalized spacial score (nSPS) is 11.9. The highest BCUT2D eigenvalue weighted by Gasteiger charge is 2.24. The van der Waals surface area contributed by atoms with Gasteiger partial charge in [0.25, 0.3) is 0 Å². The number of rotatable bonds is 7. The third-order valence-electron chi connectivity index (χ3n) is 2.87. The van der Waals surface area contributed by atoms with E-state index in [1.807, 2.05) is 0 Å². The van der Waals surface area contributed by atoms with Gasteiger partial charge in [-0.3, -0.25) is 4.68 Å². The summed E-state index contributed by atoms with van der Waals surface area (Å²) < 4.78 is 6.56. The molecule has 0 spiro atoms. The molecule has 0 aliphatic heterocycles. The summed E-state index contributed by atoms with van der Waals surface area (Å²) in [5.74, 6) is -1.03. The molecule has 0 saturated carbocycles. The molecular formula is C12H20N4O4. The van der Waals surface area contributed by atoms with Crippen LogP contribution in [-0.2, 0) is 16.1 Å². The highest BCUT2D eigenvalue weighted by atomic mass is 16.5. The molecule has 8 nitrogen and oxygen atoms in total. The lowest BCUT2D eigenvalue weighted by atomic mass is 10.2. The molecule has 0 bridgehead atoms. The number of ether oxygens (including phenoxy) is 1. The predicted molar refractivity (Wildman–Crippen MR) is 72.6 cm³/mol. The van der Waals surface area contributed by atoms with E-state index in [1.54, 1.807) is 24.9 Å². The van der Waals surface area contributed by atoms with Crippen LogP contribution in [0.5, 0.6) is 0 Å². The third-order valence-corrected chi connectivity index (χ3v) is 2.87. The van der Waals surface area contributed by atoms with E-state index in [1.165, 1.54) is 13.2 Å². The molecule has 0 aliphatic rings. The lowest BCUT2D eigenvalue weighted by Crippen LogP contribution is -2.44. The average Bonchev–Trinajstić information content (AvgIpc) is 2.84. The molecule has 8 heteroatoms. The lowest BCUT2D eigenvalue weighted by molar-refractivity contribution is -0.141. The molecule has 2 amide bonds. The maximum Gasteiger partial charge on any atom is 0.326 e. The molecular weight excluding hydrogens is 264 g/mol. The number of carbonyl (C=O) groups is 2. The molecule has 2 N–H and O–H groups in total. The number of methoxy groups -OCH3 is 1. The SMILES string of the molecule is CCC(C(=O)O)N(C)C(=O)Nc1cnn(CCOC)c1. The van der Waals surface area contributed by atoms with Crippen LogP contribution in [0.25, 0.3) is 0 Å². The second kappa shape index (κ2) is 7.49. The minimum Gasteiger partial charge on any atom is -0.480 e. The van der Waals surface area contributed by atoms with E-state index in [2.05, 4.69) is 10.4 Å². The van der Waals surface area contributed by atoms with Gasteiger partial charge in [-0.05, 0) is 6.42 Å². The van der Waals surface area contributed by atoms with E-state index >= 15 is 0 Å². The van der Waals surface area contributed by atoms with Crippen molar-refractivity contribution < 1.29 is 19.4 Å². The number of aliphatic carboxylic acids is 1. The first kappa shape index (κ1) is 16.0. The number of urea groups is 1. The zero-order valence-corrected chi connectivity index (χ0v) is 11.9. The molecule has 1 rings (SSSR count). The number of anilines is 1. The number of carboxylic acids is 1. The van der Waals surface area contributed by atoms with Gasteiger partial charge >= 0.3 is 12.0 Å². The Balaban J connectivity index is 2.61. The van der Waals surface area contributed by atoms with Crippen molar-refractivity contribution in [2.75, 3.05) is 26.1 Å². The van der Waals surface area contributed by atoms with E-state index in [0.29, 0.717) is 25.3 Å².